The highest BCUT2D eigenvalue weighted by Crippen LogP contribution is 2.23. The summed E-state index contributed by atoms with van der Waals surface area (Å²) < 4.78 is 9.92. The average Bonchev–Trinajstić information content (AvgIpc) is 2.36. The van der Waals surface area contributed by atoms with Gasteiger partial charge in [0.2, 0.25) is 0 Å². The molecule has 1 rings (SSSR count). The van der Waals surface area contributed by atoms with Crippen LogP contribution in [0.1, 0.15) is 6.92 Å². The van der Waals surface area contributed by atoms with Crippen molar-refractivity contribution in [2.75, 3.05) is 19.5 Å². The molecule has 0 aliphatic heterocycles. The molecule has 4 heteroatoms. The Bertz CT molecular complexity index is 384. The summed E-state index contributed by atoms with van der Waals surface area (Å²) in [5, 5.41) is 0. The van der Waals surface area contributed by atoms with E-state index < -0.39 is 0 Å². The summed E-state index contributed by atoms with van der Waals surface area (Å²) in [5.74, 6) is 1.03. The van der Waals surface area contributed by atoms with E-state index in [1.807, 2.05) is 24.3 Å². The Morgan fingerprint density at radius 2 is 2.00 bits per heavy atom. The Hall–Kier alpha value is -1.42. The van der Waals surface area contributed by atoms with Crippen LogP contribution in [0.25, 0.3) is 0 Å². The Labute approximate surface area is 106 Å². The topological polar surface area (TPSA) is 35.5 Å². The van der Waals surface area contributed by atoms with Gasteiger partial charge in [-0.1, -0.05) is 6.58 Å². The smallest absolute Gasteiger partial charge is 0.334 e. The van der Waals surface area contributed by atoms with E-state index in [4.69, 9.17) is 9.47 Å². The van der Waals surface area contributed by atoms with Crippen molar-refractivity contribution in [1.29, 1.82) is 0 Å². The Balaban J connectivity index is 2.44. The molecule has 0 aliphatic rings. The summed E-state index contributed by atoms with van der Waals surface area (Å²) in [4.78, 5) is 12.4. The second-order valence-electron chi connectivity index (χ2n) is 3.29. The number of esters is 1. The highest BCUT2D eigenvalue weighted by Gasteiger charge is 2.07. The number of rotatable bonds is 6. The fraction of sp³-hybridized carbons (Fsp3) is 0.308. The van der Waals surface area contributed by atoms with Gasteiger partial charge in [-0.2, -0.15) is 0 Å². The first-order chi connectivity index (χ1) is 8.17. The van der Waals surface area contributed by atoms with E-state index in [2.05, 4.69) is 6.58 Å². The maximum Gasteiger partial charge on any atom is 0.334 e. The lowest BCUT2D eigenvalue weighted by atomic mass is 10.3. The van der Waals surface area contributed by atoms with E-state index in [0.717, 1.165) is 10.6 Å². The summed E-state index contributed by atoms with van der Waals surface area (Å²) in [7, 11) is 1.63. The van der Waals surface area contributed by atoms with Gasteiger partial charge in [-0.3, -0.25) is 0 Å². The first-order valence-electron chi connectivity index (χ1n) is 5.29. The first kappa shape index (κ1) is 13.6. The maximum absolute atomic E-state index is 11.3. The van der Waals surface area contributed by atoms with Gasteiger partial charge in [0.1, 0.15) is 5.75 Å². The summed E-state index contributed by atoms with van der Waals surface area (Å²) in [6, 6.07) is 7.66. The van der Waals surface area contributed by atoms with Crippen molar-refractivity contribution >= 4 is 17.7 Å². The molecule has 0 saturated carbocycles. The number of benzene rings is 1. The summed E-state index contributed by atoms with van der Waals surface area (Å²) in [6.45, 7) is 5.86. The number of hydrogen-bond donors (Lipinski definition) is 0. The van der Waals surface area contributed by atoms with E-state index in [9.17, 15) is 4.79 Å². The van der Waals surface area contributed by atoms with Gasteiger partial charge in [-0.05, 0) is 31.2 Å². The van der Waals surface area contributed by atoms with Crippen molar-refractivity contribution < 1.29 is 14.3 Å². The van der Waals surface area contributed by atoms with Crippen LogP contribution < -0.4 is 4.74 Å². The number of hydrogen-bond acceptors (Lipinski definition) is 4. The SMILES string of the molecule is C=C(CSc1ccc(OC)cc1)C(=O)OCC. The molecular formula is C13H16O3S. The normalized spacial score (nSPS) is 9.76. The number of thioether (sulfide) groups is 1. The van der Waals surface area contributed by atoms with Gasteiger partial charge in [0.05, 0.1) is 13.7 Å². The molecule has 0 heterocycles. The third-order valence-corrected chi connectivity index (χ3v) is 3.13. The lowest BCUT2D eigenvalue weighted by Crippen LogP contribution is -2.08. The Morgan fingerprint density at radius 1 is 1.35 bits per heavy atom. The summed E-state index contributed by atoms with van der Waals surface area (Å²) in [6.07, 6.45) is 0. The average molecular weight is 252 g/mol. The molecule has 0 amide bonds. The van der Waals surface area contributed by atoms with Crippen molar-refractivity contribution in [3.63, 3.8) is 0 Å². The van der Waals surface area contributed by atoms with Gasteiger partial charge in [0.25, 0.3) is 0 Å². The second-order valence-corrected chi connectivity index (χ2v) is 4.34. The van der Waals surface area contributed by atoms with Crippen LogP contribution in [0.5, 0.6) is 5.75 Å². The zero-order valence-corrected chi connectivity index (χ0v) is 10.9. The van der Waals surface area contributed by atoms with Gasteiger partial charge >= 0.3 is 5.97 Å². The predicted octanol–water partition coefficient (Wildman–Crippen LogP) is 2.91. The third-order valence-electron chi connectivity index (χ3n) is 2.04. The molecule has 0 saturated heterocycles. The molecule has 17 heavy (non-hydrogen) atoms. The van der Waals surface area contributed by atoms with Crippen molar-refractivity contribution in [2.24, 2.45) is 0 Å². The van der Waals surface area contributed by atoms with Crippen molar-refractivity contribution in [1.82, 2.24) is 0 Å². The first-order valence-corrected chi connectivity index (χ1v) is 6.27. The standard InChI is InChI=1S/C13H16O3S/c1-4-16-13(14)10(2)9-17-12-7-5-11(15-3)6-8-12/h5-8H,2,4,9H2,1,3H3. The lowest BCUT2D eigenvalue weighted by molar-refractivity contribution is -0.138. The monoisotopic (exact) mass is 252 g/mol. The molecule has 1 aromatic carbocycles. The Kier molecular flexibility index (Phi) is 5.63. The van der Waals surface area contributed by atoms with Crippen LogP contribution >= 0.6 is 11.8 Å². The molecule has 0 N–H and O–H groups in total. The van der Waals surface area contributed by atoms with Gasteiger partial charge in [0, 0.05) is 16.2 Å². The van der Waals surface area contributed by atoms with Crippen molar-refractivity contribution in [3.8, 4) is 5.75 Å². The van der Waals surface area contributed by atoms with E-state index in [-0.39, 0.29) is 5.97 Å². The molecule has 0 spiro atoms. The molecule has 3 nitrogen and oxygen atoms in total. The van der Waals surface area contributed by atoms with E-state index in [1.54, 1.807) is 25.8 Å². The van der Waals surface area contributed by atoms with Crippen LogP contribution in [0.4, 0.5) is 0 Å². The minimum absolute atomic E-state index is 0.325. The number of ether oxygens (including phenoxy) is 2. The molecular weight excluding hydrogens is 236 g/mol. The molecule has 0 aromatic heterocycles. The fourth-order valence-electron chi connectivity index (χ4n) is 1.13. The van der Waals surface area contributed by atoms with Crippen LogP contribution in [0, 0.1) is 0 Å². The van der Waals surface area contributed by atoms with Gasteiger partial charge in [-0.15, -0.1) is 11.8 Å². The third kappa shape index (κ3) is 4.53. The molecule has 0 aliphatic carbocycles. The van der Waals surface area contributed by atoms with Gasteiger partial charge in [-0.25, -0.2) is 4.79 Å². The largest absolute Gasteiger partial charge is 0.497 e. The lowest BCUT2D eigenvalue weighted by Gasteiger charge is -2.05. The highest BCUT2D eigenvalue weighted by molar-refractivity contribution is 7.99. The molecule has 1 aromatic rings. The van der Waals surface area contributed by atoms with Crippen LogP contribution in [0.15, 0.2) is 41.3 Å². The molecule has 0 bridgehead atoms. The van der Waals surface area contributed by atoms with Crippen LogP contribution in [-0.4, -0.2) is 25.4 Å². The van der Waals surface area contributed by atoms with E-state index >= 15 is 0 Å². The van der Waals surface area contributed by atoms with Crippen LogP contribution in [0.2, 0.25) is 0 Å². The maximum atomic E-state index is 11.3. The Morgan fingerprint density at radius 3 is 2.53 bits per heavy atom. The predicted molar refractivity (Wildman–Crippen MR) is 69.5 cm³/mol. The number of carbonyl (C=O) groups excluding carboxylic acids is 1. The molecule has 0 fully saturated rings. The van der Waals surface area contributed by atoms with E-state index in [1.165, 1.54) is 0 Å². The minimum Gasteiger partial charge on any atom is -0.497 e. The van der Waals surface area contributed by atoms with Crippen molar-refractivity contribution in [3.05, 3.63) is 36.4 Å². The second kappa shape index (κ2) is 7.01. The summed E-state index contributed by atoms with van der Waals surface area (Å²) in [5.41, 5.74) is 0.479. The van der Waals surface area contributed by atoms with Gasteiger partial charge in [0.15, 0.2) is 0 Å². The molecule has 0 unspecified atom stereocenters. The fourth-order valence-corrected chi connectivity index (χ4v) is 1.92. The molecule has 0 atom stereocenters. The number of methoxy groups -OCH3 is 1. The minimum atomic E-state index is -0.325. The highest BCUT2D eigenvalue weighted by atomic mass is 32.2. The zero-order chi connectivity index (χ0) is 12.7. The number of carbonyl (C=O) groups is 1. The van der Waals surface area contributed by atoms with Gasteiger partial charge < -0.3 is 9.47 Å². The zero-order valence-electron chi connectivity index (χ0n) is 10.1. The van der Waals surface area contributed by atoms with Crippen LogP contribution in [0.3, 0.4) is 0 Å². The molecule has 0 radical (unpaired) electrons. The van der Waals surface area contributed by atoms with Crippen molar-refractivity contribution in [2.45, 2.75) is 11.8 Å². The quantitative estimate of drug-likeness (QED) is 0.443. The summed E-state index contributed by atoms with van der Waals surface area (Å²) >= 11 is 1.55. The molecule has 92 valence electrons. The van der Waals surface area contributed by atoms with Crippen LogP contribution in [-0.2, 0) is 9.53 Å². The van der Waals surface area contributed by atoms with E-state index in [0.29, 0.717) is 17.9 Å².